The van der Waals surface area contributed by atoms with Crippen molar-refractivity contribution in [3.05, 3.63) is 42.1 Å². The van der Waals surface area contributed by atoms with Crippen LogP contribution in [0.4, 0.5) is 30.7 Å². The van der Waals surface area contributed by atoms with Crippen molar-refractivity contribution in [1.82, 2.24) is 19.8 Å². The van der Waals surface area contributed by atoms with Crippen LogP contribution in [-0.4, -0.2) is 32.1 Å². The lowest BCUT2D eigenvalue weighted by Crippen LogP contribution is -2.31. The van der Waals surface area contributed by atoms with Crippen LogP contribution in [0.25, 0.3) is 16.6 Å². The minimum atomic E-state index is -4.74. The molecule has 0 unspecified atom stereocenters. The second-order valence-electron chi connectivity index (χ2n) is 5.49. The zero-order valence-corrected chi connectivity index (χ0v) is 13.3. The van der Waals surface area contributed by atoms with E-state index in [4.69, 9.17) is 0 Å². The molecule has 3 rings (SSSR count). The van der Waals surface area contributed by atoms with E-state index in [0.29, 0.717) is 6.92 Å². The third kappa shape index (κ3) is 3.78. The lowest BCUT2D eigenvalue weighted by atomic mass is 10.1. The predicted octanol–water partition coefficient (Wildman–Crippen LogP) is 4.28. The summed E-state index contributed by atoms with van der Waals surface area (Å²) in [7, 11) is 0. The molecule has 3 aromatic rings. The summed E-state index contributed by atoms with van der Waals surface area (Å²) in [6.07, 6.45) is -9.56. The number of alkyl halides is 6. The van der Waals surface area contributed by atoms with Gasteiger partial charge in [-0.3, -0.25) is 0 Å². The van der Waals surface area contributed by atoms with E-state index in [1.807, 2.05) is 0 Å². The molecule has 1 atom stereocenters. The Morgan fingerprint density at radius 1 is 1.07 bits per heavy atom. The second-order valence-corrected chi connectivity index (χ2v) is 5.49. The molecule has 5 nitrogen and oxygen atoms in total. The van der Waals surface area contributed by atoms with Gasteiger partial charge in [0.2, 0.25) is 0 Å². The summed E-state index contributed by atoms with van der Waals surface area (Å²) in [6, 6.07) is 3.21. The van der Waals surface area contributed by atoms with E-state index in [1.54, 1.807) is 0 Å². The highest BCUT2D eigenvalue weighted by atomic mass is 19.4. The fourth-order valence-corrected chi connectivity index (χ4v) is 2.18. The molecule has 3 heterocycles. The van der Waals surface area contributed by atoms with Crippen molar-refractivity contribution in [2.24, 2.45) is 0 Å². The summed E-state index contributed by atoms with van der Waals surface area (Å²) in [4.78, 5) is 3.49. The average molecular weight is 394 g/mol. The first-order valence-electron chi connectivity index (χ1n) is 7.28. The zero-order chi connectivity index (χ0) is 20.0. The predicted molar refractivity (Wildman–Crippen MR) is 77.3 cm³/mol. The number of halogens is 7. The van der Waals surface area contributed by atoms with E-state index in [2.05, 4.69) is 20.0 Å². The Bertz CT molecular complexity index is 980. The molecule has 0 aliphatic carbocycles. The van der Waals surface area contributed by atoms with E-state index in [9.17, 15) is 30.7 Å². The number of ether oxygens (including phenoxy) is 1. The van der Waals surface area contributed by atoms with Crippen molar-refractivity contribution in [1.29, 1.82) is 0 Å². The van der Waals surface area contributed by atoms with Gasteiger partial charge in [-0.25, -0.2) is 13.9 Å². The highest BCUT2D eigenvalue weighted by Crippen LogP contribution is 2.33. The number of aromatic nitrogens is 4. The summed E-state index contributed by atoms with van der Waals surface area (Å²) in [5.41, 5.74) is -1.42. The van der Waals surface area contributed by atoms with Crippen molar-refractivity contribution in [2.45, 2.75) is 25.4 Å². The first-order valence-corrected chi connectivity index (χ1v) is 7.28. The number of hydrogen-bond donors (Lipinski definition) is 0. The Balaban J connectivity index is 1.96. The standard InChI is InChI=1S/C15H9F7N4O/c1-7(14(17,18)19)27-13-10(16)4-9(6-23-13)8-2-3-26-11(5-8)12(24-25-26)15(20,21)22/h2-7H,1H3/t7-/m1/s1. The summed E-state index contributed by atoms with van der Waals surface area (Å²) in [5, 5.41) is 6.40. The molecule has 0 N–H and O–H groups in total. The first kappa shape index (κ1) is 18.9. The monoisotopic (exact) mass is 394 g/mol. The molecule has 144 valence electrons. The largest absolute Gasteiger partial charge is 0.463 e. The van der Waals surface area contributed by atoms with E-state index < -0.39 is 35.8 Å². The summed E-state index contributed by atoms with van der Waals surface area (Å²) >= 11 is 0. The van der Waals surface area contributed by atoms with E-state index in [0.717, 1.165) is 22.8 Å². The molecule has 27 heavy (non-hydrogen) atoms. The van der Waals surface area contributed by atoms with Gasteiger partial charge >= 0.3 is 12.4 Å². The Morgan fingerprint density at radius 3 is 2.37 bits per heavy atom. The van der Waals surface area contributed by atoms with Gasteiger partial charge in [0.15, 0.2) is 17.6 Å². The minimum Gasteiger partial charge on any atom is -0.463 e. The van der Waals surface area contributed by atoms with Gasteiger partial charge < -0.3 is 4.74 Å². The van der Waals surface area contributed by atoms with E-state index in [1.165, 1.54) is 12.3 Å². The Hall–Kier alpha value is -2.92. The van der Waals surface area contributed by atoms with Gasteiger partial charge in [-0.15, -0.1) is 5.10 Å². The van der Waals surface area contributed by atoms with Crippen LogP contribution in [0, 0.1) is 5.82 Å². The lowest BCUT2D eigenvalue weighted by molar-refractivity contribution is -0.190. The van der Waals surface area contributed by atoms with Gasteiger partial charge in [0.1, 0.15) is 0 Å². The van der Waals surface area contributed by atoms with Crippen molar-refractivity contribution in [2.75, 3.05) is 0 Å². The van der Waals surface area contributed by atoms with Crippen molar-refractivity contribution in [3.8, 4) is 17.0 Å². The first-order chi connectivity index (χ1) is 12.5. The number of pyridine rings is 2. The van der Waals surface area contributed by atoms with Crippen LogP contribution in [0.15, 0.2) is 30.6 Å². The summed E-state index contributed by atoms with van der Waals surface area (Å²) in [5.74, 6) is -2.06. The molecule has 0 saturated heterocycles. The number of nitrogens with zero attached hydrogens (tertiary/aromatic N) is 4. The highest BCUT2D eigenvalue weighted by molar-refractivity contribution is 5.69. The van der Waals surface area contributed by atoms with Gasteiger partial charge in [0.25, 0.3) is 5.88 Å². The Kier molecular flexibility index (Phi) is 4.44. The zero-order valence-electron chi connectivity index (χ0n) is 13.3. The van der Waals surface area contributed by atoms with Crippen LogP contribution >= 0.6 is 0 Å². The van der Waals surface area contributed by atoms with E-state index in [-0.39, 0.29) is 16.6 Å². The molecule has 3 aromatic heterocycles. The lowest BCUT2D eigenvalue weighted by Gasteiger charge is -2.17. The SMILES string of the molecule is C[C@@H](Oc1ncc(-c2ccn3nnc(C(F)(F)F)c3c2)cc1F)C(F)(F)F. The molecule has 0 aliphatic heterocycles. The molecule has 0 bridgehead atoms. The number of rotatable bonds is 3. The maximum Gasteiger partial charge on any atom is 0.437 e. The van der Waals surface area contributed by atoms with Crippen LogP contribution in [0.2, 0.25) is 0 Å². The minimum absolute atomic E-state index is 0.0383. The normalized spacial score (nSPS) is 13.8. The van der Waals surface area contributed by atoms with Gasteiger partial charge in [-0.05, 0) is 30.7 Å². The maximum absolute atomic E-state index is 14.0. The summed E-state index contributed by atoms with van der Waals surface area (Å²) in [6.45, 7) is 0.689. The number of fused-ring (bicyclic) bond motifs is 1. The smallest absolute Gasteiger partial charge is 0.437 e. The summed E-state index contributed by atoms with van der Waals surface area (Å²) < 4.78 is 95.6. The molecule has 0 spiro atoms. The van der Waals surface area contributed by atoms with Gasteiger partial charge in [0.05, 0.1) is 5.52 Å². The quantitative estimate of drug-likeness (QED) is 0.623. The molecule has 0 aromatic carbocycles. The number of hydrogen-bond acceptors (Lipinski definition) is 4. The second kappa shape index (κ2) is 6.35. The van der Waals surface area contributed by atoms with Gasteiger partial charge in [-0.2, -0.15) is 26.3 Å². The molecule has 0 aliphatic rings. The molecule has 0 saturated carbocycles. The Morgan fingerprint density at radius 2 is 1.78 bits per heavy atom. The third-order valence-electron chi connectivity index (χ3n) is 3.58. The van der Waals surface area contributed by atoms with E-state index >= 15 is 0 Å². The fraction of sp³-hybridized carbons (Fsp3) is 0.267. The van der Waals surface area contributed by atoms with Crippen LogP contribution in [0.3, 0.4) is 0 Å². The molecular weight excluding hydrogens is 385 g/mol. The molecule has 0 radical (unpaired) electrons. The maximum atomic E-state index is 14.0. The van der Waals surface area contributed by atoms with Crippen molar-refractivity contribution >= 4 is 5.52 Å². The molecular formula is C15H9F7N4O. The molecule has 0 fully saturated rings. The van der Waals surface area contributed by atoms with Crippen molar-refractivity contribution < 1.29 is 35.5 Å². The van der Waals surface area contributed by atoms with Crippen LogP contribution < -0.4 is 4.74 Å². The van der Waals surface area contributed by atoms with Crippen molar-refractivity contribution in [3.63, 3.8) is 0 Å². The third-order valence-corrected chi connectivity index (χ3v) is 3.58. The van der Waals surface area contributed by atoms with Gasteiger partial charge in [0, 0.05) is 18.0 Å². The van der Waals surface area contributed by atoms with Crippen LogP contribution in [0.1, 0.15) is 12.6 Å². The van der Waals surface area contributed by atoms with Gasteiger partial charge in [-0.1, -0.05) is 5.21 Å². The highest BCUT2D eigenvalue weighted by Gasteiger charge is 2.39. The average Bonchev–Trinajstić information content (AvgIpc) is 2.99. The molecule has 0 amide bonds. The topological polar surface area (TPSA) is 52.3 Å². The molecule has 12 heteroatoms. The fourth-order valence-electron chi connectivity index (χ4n) is 2.18. The van der Waals surface area contributed by atoms with Crippen LogP contribution in [0.5, 0.6) is 5.88 Å². The Labute approximate surface area is 146 Å². The van der Waals surface area contributed by atoms with Crippen LogP contribution in [-0.2, 0) is 6.18 Å².